The van der Waals surface area contributed by atoms with Crippen LogP contribution >= 0.6 is 0 Å². The SMILES string of the molecule is O=C(Cc1ccc2ccccc2c1)N(CCO)CCN1CCOCC1. The summed E-state index contributed by atoms with van der Waals surface area (Å²) in [6.07, 6.45) is 0.369. The molecule has 1 aliphatic rings. The highest BCUT2D eigenvalue weighted by Gasteiger charge is 2.16. The van der Waals surface area contributed by atoms with Gasteiger partial charge in [-0.3, -0.25) is 9.69 Å². The molecule has 25 heavy (non-hydrogen) atoms. The lowest BCUT2D eigenvalue weighted by Gasteiger charge is -2.30. The van der Waals surface area contributed by atoms with E-state index in [-0.39, 0.29) is 12.5 Å². The van der Waals surface area contributed by atoms with E-state index < -0.39 is 0 Å². The van der Waals surface area contributed by atoms with Gasteiger partial charge in [-0.15, -0.1) is 0 Å². The molecule has 0 aliphatic carbocycles. The minimum Gasteiger partial charge on any atom is -0.395 e. The lowest BCUT2D eigenvalue weighted by molar-refractivity contribution is -0.131. The van der Waals surface area contributed by atoms with Crippen LogP contribution in [0.2, 0.25) is 0 Å². The van der Waals surface area contributed by atoms with E-state index in [1.807, 2.05) is 18.2 Å². The third-order valence-electron chi connectivity index (χ3n) is 4.68. The Balaban J connectivity index is 1.60. The number of fused-ring (bicyclic) bond motifs is 1. The monoisotopic (exact) mass is 342 g/mol. The quantitative estimate of drug-likeness (QED) is 0.829. The van der Waals surface area contributed by atoms with Gasteiger partial charge in [0.05, 0.1) is 26.2 Å². The molecule has 0 aromatic heterocycles. The van der Waals surface area contributed by atoms with Crippen LogP contribution in [0.4, 0.5) is 0 Å². The first-order valence-corrected chi connectivity index (χ1v) is 8.92. The van der Waals surface area contributed by atoms with Crippen LogP contribution in [0.3, 0.4) is 0 Å². The van der Waals surface area contributed by atoms with Gasteiger partial charge in [0, 0.05) is 32.7 Å². The number of benzene rings is 2. The molecule has 0 saturated carbocycles. The van der Waals surface area contributed by atoms with Crippen LogP contribution < -0.4 is 0 Å². The number of nitrogens with zero attached hydrogens (tertiary/aromatic N) is 2. The number of hydrogen-bond acceptors (Lipinski definition) is 4. The third kappa shape index (κ3) is 5.01. The molecule has 0 unspecified atom stereocenters. The highest BCUT2D eigenvalue weighted by molar-refractivity contribution is 5.85. The van der Waals surface area contributed by atoms with Crippen molar-refractivity contribution in [1.82, 2.24) is 9.80 Å². The van der Waals surface area contributed by atoms with Crippen molar-refractivity contribution in [2.75, 3.05) is 52.5 Å². The molecule has 5 heteroatoms. The topological polar surface area (TPSA) is 53.0 Å². The summed E-state index contributed by atoms with van der Waals surface area (Å²) < 4.78 is 5.35. The lowest BCUT2D eigenvalue weighted by Crippen LogP contribution is -2.44. The van der Waals surface area contributed by atoms with E-state index in [1.54, 1.807) is 4.90 Å². The minimum absolute atomic E-state index is 0.00737. The summed E-state index contributed by atoms with van der Waals surface area (Å²) >= 11 is 0. The first kappa shape index (κ1) is 17.9. The van der Waals surface area contributed by atoms with Gasteiger partial charge in [-0.2, -0.15) is 0 Å². The largest absolute Gasteiger partial charge is 0.395 e. The Morgan fingerprint density at radius 1 is 1.08 bits per heavy atom. The van der Waals surface area contributed by atoms with Crippen molar-refractivity contribution in [2.45, 2.75) is 6.42 Å². The molecule has 5 nitrogen and oxygen atoms in total. The van der Waals surface area contributed by atoms with Gasteiger partial charge in [-0.25, -0.2) is 0 Å². The van der Waals surface area contributed by atoms with Crippen molar-refractivity contribution in [1.29, 1.82) is 0 Å². The summed E-state index contributed by atoms with van der Waals surface area (Å²) in [6.45, 7) is 5.18. The Morgan fingerprint density at radius 3 is 2.60 bits per heavy atom. The molecule has 1 amide bonds. The minimum atomic E-state index is -0.00737. The van der Waals surface area contributed by atoms with Gasteiger partial charge in [0.15, 0.2) is 0 Å². The molecule has 1 saturated heterocycles. The second kappa shape index (κ2) is 8.94. The Bertz CT molecular complexity index is 698. The second-order valence-corrected chi connectivity index (χ2v) is 6.42. The first-order chi connectivity index (χ1) is 12.3. The molecule has 2 aromatic carbocycles. The van der Waals surface area contributed by atoms with Crippen LogP contribution in [0.15, 0.2) is 42.5 Å². The number of aliphatic hydroxyl groups is 1. The highest BCUT2D eigenvalue weighted by Crippen LogP contribution is 2.16. The molecule has 1 N–H and O–H groups in total. The van der Waals surface area contributed by atoms with E-state index in [2.05, 4.69) is 29.2 Å². The predicted octanol–water partition coefficient (Wildman–Crippen LogP) is 1.54. The molecule has 2 aromatic rings. The van der Waals surface area contributed by atoms with Gasteiger partial charge < -0.3 is 14.7 Å². The van der Waals surface area contributed by atoms with Crippen molar-refractivity contribution >= 4 is 16.7 Å². The van der Waals surface area contributed by atoms with Gasteiger partial charge in [-0.1, -0.05) is 42.5 Å². The van der Waals surface area contributed by atoms with Crippen molar-refractivity contribution in [2.24, 2.45) is 0 Å². The van der Waals surface area contributed by atoms with Gasteiger partial charge in [0.2, 0.25) is 5.91 Å². The molecule has 0 bridgehead atoms. The number of aliphatic hydroxyl groups excluding tert-OH is 1. The van der Waals surface area contributed by atoms with Crippen molar-refractivity contribution in [3.63, 3.8) is 0 Å². The number of rotatable bonds is 7. The Labute approximate surface area is 148 Å². The normalized spacial score (nSPS) is 15.4. The first-order valence-electron chi connectivity index (χ1n) is 8.92. The second-order valence-electron chi connectivity index (χ2n) is 6.42. The zero-order valence-electron chi connectivity index (χ0n) is 14.6. The predicted molar refractivity (Wildman–Crippen MR) is 98.6 cm³/mol. The van der Waals surface area contributed by atoms with E-state index >= 15 is 0 Å². The maximum Gasteiger partial charge on any atom is 0.227 e. The van der Waals surface area contributed by atoms with Gasteiger partial charge in [-0.05, 0) is 16.3 Å². The van der Waals surface area contributed by atoms with Crippen molar-refractivity contribution in [3.05, 3.63) is 48.0 Å². The Kier molecular flexibility index (Phi) is 6.39. The summed E-state index contributed by atoms with van der Waals surface area (Å²) in [7, 11) is 0. The van der Waals surface area contributed by atoms with Crippen LogP contribution in [-0.4, -0.2) is 73.4 Å². The molecule has 1 aliphatic heterocycles. The third-order valence-corrected chi connectivity index (χ3v) is 4.68. The van der Waals surface area contributed by atoms with E-state index in [0.717, 1.165) is 43.8 Å². The zero-order valence-corrected chi connectivity index (χ0v) is 14.6. The van der Waals surface area contributed by atoms with E-state index in [0.29, 0.717) is 19.5 Å². The summed E-state index contributed by atoms with van der Waals surface area (Å²) in [5.74, 6) is 0.0672. The molecule has 3 rings (SSSR count). The van der Waals surface area contributed by atoms with E-state index in [9.17, 15) is 9.90 Å². The molecule has 1 heterocycles. The van der Waals surface area contributed by atoms with Crippen LogP contribution in [0.5, 0.6) is 0 Å². The summed E-state index contributed by atoms with van der Waals surface area (Å²) in [6, 6.07) is 14.3. The number of ether oxygens (including phenoxy) is 1. The van der Waals surface area contributed by atoms with Crippen LogP contribution in [0.25, 0.3) is 10.8 Å². The number of carbonyl (C=O) groups is 1. The van der Waals surface area contributed by atoms with Crippen LogP contribution in [0.1, 0.15) is 5.56 Å². The standard InChI is InChI=1S/C20H26N2O3/c23-12-9-22(8-7-21-10-13-25-14-11-21)20(24)16-17-5-6-18-3-1-2-4-19(18)15-17/h1-6,15,23H,7-14,16H2. The molecule has 0 spiro atoms. The molecule has 134 valence electrons. The Hall–Kier alpha value is -1.95. The molecule has 0 radical (unpaired) electrons. The average Bonchev–Trinajstić information content (AvgIpc) is 2.65. The maximum absolute atomic E-state index is 12.7. The van der Waals surface area contributed by atoms with E-state index in [4.69, 9.17) is 4.74 Å². The zero-order chi connectivity index (χ0) is 17.5. The molecule has 1 fully saturated rings. The molecular weight excluding hydrogens is 316 g/mol. The van der Waals surface area contributed by atoms with Crippen molar-refractivity contribution < 1.29 is 14.6 Å². The average molecular weight is 342 g/mol. The number of carbonyl (C=O) groups excluding carboxylic acids is 1. The number of morpholine rings is 1. The lowest BCUT2D eigenvalue weighted by atomic mass is 10.0. The van der Waals surface area contributed by atoms with Crippen molar-refractivity contribution in [3.8, 4) is 0 Å². The smallest absolute Gasteiger partial charge is 0.227 e. The molecule has 0 atom stereocenters. The van der Waals surface area contributed by atoms with Crippen LogP contribution in [-0.2, 0) is 16.0 Å². The highest BCUT2D eigenvalue weighted by atomic mass is 16.5. The number of amides is 1. The van der Waals surface area contributed by atoms with Gasteiger partial charge >= 0.3 is 0 Å². The van der Waals surface area contributed by atoms with Gasteiger partial charge in [0.1, 0.15) is 0 Å². The summed E-state index contributed by atoms with van der Waals surface area (Å²) in [5.41, 5.74) is 1.01. The van der Waals surface area contributed by atoms with Gasteiger partial charge in [0.25, 0.3) is 0 Å². The van der Waals surface area contributed by atoms with E-state index in [1.165, 1.54) is 5.39 Å². The molecular formula is C20H26N2O3. The number of hydrogen-bond donors (Lipinski definition) is 1. The fourth-order valence-corrected chi connectivity index (χ4v) is 3.20. The van der Waals surface area contributed by atoms with Crippen LogP contribution in [0, 0.1) is 0 Å². The summed E-state index contributed by atoms with van der Waals surface area (Å²) in [4.78, 5) is 16.8. The fourth-order valence-electron chi connectivity index (χ4n) is 3.20. The maximum atomic E-state index is 12.7. The Morgan fingerprint density at radius 2 is 1.84 bits per heavy atom. The fraction of sp³-hybridized carbons (Fsp3) is 0.450. The summed E-state index contributed by atoms with van der Waals surface area (Å²) in [5, 5.41) is 11.6.